The summed E-state index contributed by atoms with van der Waals surface area (Å²) in [4.78, 5) is 4.68. The van der Waals surface area contributed by atoms with Crippen molar-refractivity contribution in [2.75, 3.05) is 5.73 Å². The third-order valence-electron chi connectivity index (χ3n) is 3.15. The van der Waals surface area contributed by atoms with Crippen LogP contribution in [0.5, 0.6) is 0 Å². The van der Waals surface area contributed by atoms with E-state index >= 15 is 0 Å². The molecule has 79 valence electrons. The molecule has 1 aromatic heterocycles. The Morgan fingerprint density at radius 3 is 2.94 bits per heavy atom. The molecule has 0 aliphatic heterocycles. The van der Waals surface area contributed by atoms with Crippen molar-refractivity contribution in [3.8, 4) is 0 Å². The Bertz CT molecular complexity index is 523. The first-order valence-corrected chi connectivity index (χ1v) is 5.43. The Balaban J connectivity index is 0.000000963. The van der Waals surface area contributed by atoms with E-state index in [1.165, 1.54) is 24.1 Å². The van der Waals surface area contributed by atoms with Crippen LogP contribution in [0.25, 0.3) is 10.9 Å². The number of hydrogen-bond donors (Lipinski definition) is 1. The minimum absolute atomic E-state index is 0. The molecule has 0 amide bonds. The average molecular weight is 286 g/mol. The normalized spacial score (nSPS) is 14.2. The average Bonchev–Trinajstić information content (AvgIpc) is 2.30. The van der Waals surface area contributed by atoms with E-state index in [0.717, 1.165) is 29.4 Å². The van der Waals surface area contributed by atoms with Gasteiger partial charge in [-0.15, -0.1) is 6.07 Å². The molecule has 1 radical (unpaired) electrons. The standard InChI is InChI=1S/C13H13N2.Y/c14-13-9-5-1-3-7-11(9)15-12-8-4-2-6-10(12)13;/h4,6,8H,1,3,5,7H2,(H2,14,15);/q-1;. The summed E-state index contributed by atoms with van der Waals surface area (Å²) >= 11 is 0. The van der Waals surface area contributed by atoms with Gasteiger partial charge in [0.05, 0.1) is 0 Å². The van der Waals surface area contributed by atoms with Crippen LogP contribution in [0.2, 0.25) is 0 Å². The van der Waals surface area contributed by atoms with Gasteiger partial charge in [0.15, 0.2) is 0 Å². The van der Waals surface area contributed by atoms with Gasteiger partial charge in [0, 0.05) is 38.4 Å². The van der Waals surface area contributed by atoms with Crippen LogP contribution in [0.1, 0.15) is 24.1 Å². The molecule has 1 heterocycles. The first-order chi connectivity index (χ1) is 7.36. The third kappa shape index (κ3) is 1.89. The number of pyridine rings is 1. The summed E-state index contributed by atoms with van der Waals surface area (Å²) in [5, 5.41) is 1.05. The number of rotatable bonds is 0. The van der Waals surface area contributed by atoms with E-state index in [1.54, 1.807) is 0 Å². The fourth-order valence-corrected chi connectivity index (χ4v) is 2.35. The van der Waals surface area contributed by atoms with Crippen molar-refractivity contribution in [1.82, 2.24) is 4.98 Å². The van der Waals surface area contributed by atoms with Crippen molar-refractivity contribution >= 4 is 16.6 Å². The summed E-state index contributed by atoms with van der Waals surface area (Å²) in [5.41, 5.74) is 10.6. The maximum atomic E-state index is 6.18. The molecule has 16 heavy (non-hydrogen) atoms. The maximum absolute atomic E-state index is 6.18. The van der Waals surface area contributed by atoms with Crippen LogP contribution in [0.3, 0.4) is 0 Å². The number of fused-ring (bicyclic) bond motifs is 2. The summed E-state index contributed by atoms with van der Waals surface area (Å²) in [7, 11) is 0. The van der Waals surface area contributed by atoms with Gasteiger partial charge in [-0.25, -0.2) is 0 Å². The number of aryl methyl sites for hydroxylation is 1. The van der Waals surface area contributed by atoms with Gasteiger partial charge in [-0.05, 0) is 42.5 Å². The molecule has 0 bridgehead atoms. The molecule has 3 heteroatoms. The van der Waals surface area contributed by atoms with Crippen LogP contribution in [0, 0.1) is 6.07 Å². The predicted molar refractivity (Wildman–Crippen MR) is 61.6 cm³/mol. The Kier molecular flexibility index (Phi) is 3.61. The van der Waals surface area contributed by atoms with Crippen LogP contribution in [-0.2, 0) is 45.6 Å². The minimum atomic E-state index is 0. The molecule has 1 aliphatic rings. The second-order valence-electron chi connectivity index (χ2n) is 4.10. The van der Waals surface area contributed by atoms with Gasteiger partial charge in [-0.1, -0.05) is 5.39 Å². The third-order valence-corrected chi connectivity index (χ3v) is 3.15. The molecular formula is C13H13N2Y-. The van der Waals surface area contributed by atoms with E-state index in [4.69, 9.17) is 5.73 Å². The van der Waals surface area contributed by atoms with Gasteiger partial charge in [0.2, 0.25) is 0 Å². The van der Waals surface area contributed by atoms with Crippen molar-refractivity contribution in [3.05, 3.63) is 35.5 Å². The zero-order valence-electron chi connectivity index (χ0n) is 9.16. The Hall–Kier alpha value is -0.466. The number of hydrogen-bond acceptors (Lipinski definition) is 2. The number of anilines is 1. The number of nitrogens with zero attached hydrogens (tertiary/aromatic N) is 1. The molecule has 0 saturated carbocycles. The maximum Gasteiger partial charge on any atom is 0.0427 e. The molecular weight excluding hydrogens is 273 g/mol. The summed E-state index contributed by atoms with van der Waals surface area (Å²) in [6, 6.07) is 8.88. The Morgan fingerprint density at radius 2 is 2.06 bits per heavy atom. The van der Waals surface area contributed by atoms with Gasteiger partial charge >= 0.3 is 0 Å². The summed E-state index contributed by atoms with van der Waals surface area (Å²) in [6.45, 7) is 0. The second-order valence-corrected chi connectivity index (χ2v) is 4.10. The first-order valence-electron chi connectivity index (χ1n) is 5.43. The van der Waals surface area contributed by atoms with Crippen LogP contribution >= 0.6 is 0 Å². The van der Waals surface area contributed by atoms with Crippen molar-refractivity contribution in [3.63, 3.8) is 0 Å². The molecule has 2 nitrogen and oxygen atoms in total. The zero-order valence-corrected chi connectivity index (χ0v) is 12.0. The molecule has 0 atom stereocenters. The van der Waals surface area contributed by atoms with Crippen LogP contribution < -0.4 is 5.73 Å². The zero-order chi connectivity index (χ0) is 10.3. The van der Waals surface area contributed by atoms with Crippen LogP contribution in [0.15, 0.2) is 18.2 Å². The van der Waals surface area contributed by atoms with Gasteiger partial charge in [0.25, 0.3) is 0 Å². The van der Waals surface area contributed by atoms with Gasteiger partial charge in [-0.2, -0.15) is 18.2 Å². The second kappa shape index (κ2) is 4.81. The minimum Gasteiger partial charge on any atom is -0.408 e. The van der Waals surface area contributed by atoms with Gasteiger partial charge in [0.1, 0.15) is 0 Å². The number of nitrogen functional groups attached to an aromatic ring is 1. The molecule has 2 aromatic rings. The van der Waals surface area contributed by atoms with Crippen molar-refractivity contribution in [2.24, 2.45) is 0 Å². The summed E-state index contributed by atoms with van der Waals surface area (Å²) < 4.78 is 0. The molecule has 2 N–H and O–H groups in total. The number of benzene rings is 1. The van der Waals surface area contributed by atoms with E-state index in [2.05, 4.69) is 11.1 Å². The van der Waals surface area contributed by atoms with Crippen LogP contribution in [-0.4, -0.2) is 4.98 Å². The molecule has 1 aliphatic carbocycles. The Morgan fingerprint density at radius 1 is 1.25 bits per heavy atom. The molecule has 0 spiro atoms. The summed E-state index contributed by atoms with van der Waals surface area (Å²) in [5.74, 6) is 0. The van der Waals surface area contributed by atoms with Crippen molar-refractivity contribution in [2.45, 2.75) is 25.7 Å². The SMILES string of the molecule is Nc1c2c(nc3cc[c-]cc13)CCCC2.[Y]. The molecule has 3 rings (SSSR count). The van der Waals surface area contributed by atoms with Gasteiger partial charge in [-0.3, -0.25) is 4.98 Å². The van der Waals surface area contributed by atoms with Crippen molar-refractivity contribution in [1.29, 1.82) is 0 Å². The molecule has 0 saturated heterocycles. The molecule has 0 fully saturated rings. The summed E-state index contributed by atoms with van der Waals surface area (Å²) in [6.07, 6.45) is 4.64. The molecule has 0 unspecified atom stereocenters. The predicted octanol–water partition coefficient (Wildman–Crippen LogP) is 2.49. The quantitative estimate of drug-likeness (QED) is 0.756. The Labute approximate surface area is 121 Å². The fourth-order valence-electron chi connectivity index (χ4n) is 2.35. The number of aromatic nitrogens is 1. The topological polar surface area (TPSA) is 38.9 Å². The first kappa shape index (κ1) is 12.0. The van der Waals surface area contributed by atoms with E-state index < -0.39 is 0 Å². The van der Waals surface area contributed by atoms with E-state index in [0.29, 0.717) is 0 Å². The smallest absolute Gasteiger partial charge is 0.0427 e. The van der Waals surface area contributed by atoms with E-state index in [1.807, 2.05) is 18.2 Å². The van der Waals surface area contributed by atoms with E-state index in [-0.39, 0.29) is 32.7 Å². The molecule has 1 aromatic carbocycles. The van der Waals surface area contributed by atoms with Gasteiger partial charge < -0.3 is 5.73 Å². The number of nitrogens with two attached hydrogens (primary N) is 1. The fraction of sp³-hybridized carbons (Fsp3) is 0.308. The monoisotopic (exact) mass is 286 g/mol. The van der Waals surface area contributed by atoms with E-state index in [9.17, 15) is 0 Å². The largest absolute Gasteiger partial charge is 0.408 e. The van der Waals surface area contributed by atoms with Crippen molar-refractivity contribution < 1.29 is 32.7 Å². The van der Waals surface area contributed by atoms with Crippen LogP contribution in [0.4, 0.5) is 5.69 Å².